The van der Waals surface area contributed by atoms with Crippen LogP contribution in [0.25, 0.3) is 10.9 Å². The van der Waals surface area contributed by atoms with Crippen molar-refractivity contribution in [1.82, 2.24) is 14.9 Å². The molecule has 128 valence electrons. The normalized spacial score (nSPS) is 15.6. The van der Waals surface area contributed by atoms with Gasteiger partial charge in [-0.3, -0.25) is 4.79 Å². The minimum Gasteiger partial charge on any atom is -0.361 e. The Hall–Kier alpha value is -2.33. The van der Waals surface area contributed by atoms with Crippen LogP contribution in [0.1, 0.15) is 36.3 Å². The minimum atomic E-state index is -0.0333. The van der Waals surface area contributed by atoms with Gasteiger partial charge in [-0.15, -0.1) is 0 Å². The number of H-pyrrole nitrogens is 1. The van der Waals surface area contributed by atoms with Crippen molar-refractivity contribution in [2.75, 3.05) is 13.1 Å². The average molecular weight is 354 g/mol. The van der Waals surface area contributed by atoms with E-state index in [0.29, 0.717) is 11.6 Å². The van der Waals surface area contributed by atoms with E-state index in [-0.39, 0.29) is 11.8 Å². The first-order chi connectivity index (χ1) is 12.2. The van der Waals surface area contributed by atoms with Gasteiger partial charge in [-0.25, -0.2) is 4.98 Å². The van der Waals surface area contributed by atoms with Gasteiger partial charge in [-0.05, 0) is 36.1 Å². The van der Waals surface area contributed by atoms with E-state index in [9.17, 15) is 4.79 Å². The quantitative estimate of drug-likeness (QED) is 0.708. The highest BCUT2D eigenvalue weighted by atomic mass is 35.5. The van der Waals surface area contributed by atoms with Crippen LogP contribution in [-0.2, 0) is 4.79 Å². The van der Waals surface area contributed by atoms with Crippen LogP contribution in [0.2, 0.25) is 5.15 Å². The van der Waals surface area contributed by atoms with Crippen molar-refractivity contribution in [3.8, 4) is 0 Å². The molecule has 0 saturated carbocycles. The molecule has 2 aromatic heterocycles. The summed E-state index contributed by atoms with van der Waals surface area (Å²) in [6.07, 6.45) is 6.45. The molecule has 5 heteroatoms. The van der Waals surface area contributed by atoms with E-state index in [1.807, 2.05) is 29.3 Å². The smallest absolute Gasteiger partial charge is 0.223 e. The third-order valence-electron chi connectivity index (χ3n) is 4.99. The lowest BCUT2D eigenvalue weighted by atomic mass is 9.88. The maximum Gasteiger partial charge on any atom is 0.223 e. The Morgan fingerprint density at radius 3 is 2.76 bits per heavy atom. The van der Waals surface area contributed by atoms with Crippen LogP contribution in [0.15, 0.2) is 48.8 Å². The van der Waals surface area contributed by atoms with Crippen LogP contribution in [0.5, 0.6) is 0 Å². The zero-order valence-electron chi connectivity index (χ0n) is 13.9. The molecule has 1 atom stereocenters. The van der Waals surface area contributed by atoms with Crippen molar-refractivity contribution in [2.45, 2.75) is 25.2 Å². The summed E-state index contributed by atoms with van der Waals surface area (Å²) in [6, 6.07) is 11.9. The van der Waals surface area contributed by atoms with Gasteiger partial charge in [0.05, 0.1) is 0 Å². The lowest BCUT2D eigenvalue weighted by molar-refractivity contribution is -0.130. The first kappa shape index (κ1) is 16.2. The number of amides is 1. The number of halogens is 1. The third kappa shape index (κ3) is 3.27. The number of aromatic nitrogens is 2. The number of fused-ring (bicyclic) bond motifs is 1. The van der Waals surface area contributed by atoms with Gasteiger partial charge in [0.2, 0.25) is 5.91 Å². The predicted molar refractivity (Wildman–Crippen MR) is 99.8 cm³/mol. The maximum absolute atomic E-state index is 12.8. The molecule has 4 rings (SSSR count). The van der Waals surface area contributed by atoms with Crippen molar-refractivity contribution in [3.63, 3.8) is 0 Å². The van der Waals surface area contributed by atoms with Crippen LogP contribution in [0, 0.1) is 0 Å². The molecule has 4 nitrogen and oxygen atoms in total. The first-order valence-corrected chi connectivity index (χ1v) is 9.05. The van der Waals surface area contributed by atoms with Gasteiger partial charge in [0.15, 0.2) is 0 Å². The Balaban J connectivity index is 1.72. The van der Waals surface area contributed by atoms with Crippen molar-refractivity contribution in [3.05, 3.63) is 65.1 Å². The molecule has 1 aromatic carbocycles. The molecule has 1 N–H and O–H groups in total. The number of hydrogen-bond acceptors (Lipinski definition) is 2. The zero-order valence-corrected chi connectivity index (χ0v) is 14.7. The molecule has 0 aliphatic carbocycles. The Morgan fingerprint density at radius 1 is 1.20 bits per heavy atom. The van der Waals surface area contributed by atoms with E-state index in [2.05, 4.69) is 22.1 Å². The number of para-hydroxylation sites is 1. The van der Waals surface area contributed by atoms with Gasteiger partial charge in [-0.1, -0.05) is 35.9 Å². The second-order valence-corrected chi connectivity index (χ2v) is 6.94. The van der Waals surface area contributed by atoms with E-state index in [0.717, 1.165) is 48.0 Å². The molecule has 0 spiro atoms. The van der Waals surface area contributed by atoms with Crippen molar-refractivity contribution >= 4 is 28.4 Å². The van der Waals surface area contributed by atoms with E-state index >= 15 is 0 Å². The van der Waals surface area contributed by atoms with E-state index in [1.165, 1.54) is 0 Å². The minimum absolute atomic E-state index is 0.0333. The van der Waals surface area contributed by atoms with Crippen LogP contribution in [0.4, 0.5) is 0 Å². The summed E-state index contributed by atoms with van der Waals surface area (Å²) >= 11 is 5.95. The molecule has 0 bridgehead atoms. The van der Waals surface area contributed by atoms with Gasteiger partial charge < -0.3 is 9.88 Å². The second-order valence-electron chi connectivity index (χ2n) is 6.55. The SMILES string of the molecule is O=C(C[C@@H](c1ccc(Cl)nc1)c1c[nH]c2ccccc12)N1CCCC1. The summed E-state index contributed by atoms with van der Waals surface area (Å²) in [7, 11) is 0. The monoisotopic (exact) mass is 353 g/mol. The number of hydrogen-bond donors (Lipinski definition) is 1. The summed E-state index contributed by atoms with van der Waals surface area (Å²) < 4.78 is 0. The largest absolute Gasteiger partial charge is 0.361 e. The number of nitrogens with one attached hydrogen (secondary N) is 1. The van der Waals surface area contributed by atoms with Gasteiger partial charge in [0, 0.05) is 48.7 Å². The predicted octanol–water partition coefficient (Wildman–Crippen LogP) is 4.36. The standard InChI is InChI=1S/C20H20ClN3O/c21-19-8-7-14(12-23-19)16(11-20(25)24-9-3-4-10-24)17-13-22-18-6-2-1-5-15(17)18/h1-2,5-8,12-13,16,22H,3-4,9-11H2/t16-/m0/s1. The summed E-state index contributed by atoms with van der Waals surface area (Å²) in [5, 5.41) is 1.61. The maximum atomic E-state index is 12.8. The Labute approximate surface area is 151 Å². The molecule has 1 amide bonds. The van der Waals surface area contributed by atoms with E-state index < -0.39 is 0 Å². The molecule has 25 heavy (non-hydrogen) atoms. The highest BCUT2D eigenvalue weighted by molar-refractivity contribution is 6.29. The zero-order chi connectivity index (χ0) is 17.2. The first-order valence-electron chi connectivity index (χ1n) is 8.67. The van der Waals surface area contributed by atoms with Crippen molar-refractivity contribution in [2.24, 2.45) is 0 Å². The van der Waals surface area contributed by atoms with Crippen LogP contribution >= 0.6 is 11.6 Å². The van der Waals surface area contributed by atoms with Crippen LogP contribution < -0.4 is 0 Å². The number of rotatable bonds is 4. The molecule has 0 unspecified atom stereocenters. The summed E-state index contributed by atoms with van der Waals surface area (Å²) in [5.41, 5.74) is 3.23. The van der Waals surface area contributed by atoms with Gasteiger partial charge >= 0.3 is 0 Å². The number of pyridine rings is 1. The topological polar surface area (TPSA) is 49.0 Å². The summed E-state index contributed by atoms with van der Waals surface area (Å²) in [5.74, 6) is 0.178. The lowest BCUT2D eigenvalue weighted by Crippen LogP contribution is -2.29. The second kappa shape index (κ2) is 6.89. The van der Waals surface area contributed by atoms with E-state index in [4.69, 9.17) is 11.6 Å². The molecule has 1 saturated heterocycles. The van der Waals surface area contributed by atoms with E-state index in [1.54, 1.807) is 12.3 Å². The molecule has 1 fully saturated rings. The Bertz CT molecular complexity index is 881. The fourth-order valence-electron chi connectivity index (χ4n) is 3.65. The number of carbonyl (C=O) groups is 1. The van der Waals surface area contributed by atoms with Crippen molar-refractivity contribution < 1.29 is 4.79 Å². The number of carbonyl (C=O) groups excluding carboxylic acids is 1. The van der Waals surface area contributed by atoms with Crippen LogP contribution in [-0.4, -0.2) is 33.9 Å². The highest BCUT2D eigenvalue weighted by Crippen LogP contribution is 2.34. The highest BCUT2D eigenvalue weighted by Gasteiger charge is 2.25. The number of likely N-dealkylation sites (tertiary alicyclic amines) is 1. The van der Waals surface area contributed by atoms with Gasteiger partial charge in [0.1, 0.15) is 5.15 Å². The molecular weight excluding hydrogens is 334 g/mol. The summed E-state index contributed by atoms with van der Waals surface area (Å²) in [6.45, 7) is 1.75. The molecule has 1 aliphatic heterocycles. The fraction of sp³-hybridized carbons (Fsp3) is 0.300. The fourth-order valence-corrected chi connectivity index (χ4v) is 3.77. The number of nitrogens with zero attached hydrogens (tertiary/aromatic N) is 2. The average Bonchev–Trinajstić information content (AvgIpc) is 3.30. The lowest BCUT2D eigenvalue weighted by Gasteiger charge is -2.21. The number of aromatic amines is 1. The summed E-state index contributed by atoms with van der Waals surface area (Å²) in [4.78, 5) is 22.3. The molecule has 3 aromatic rings. The molecule has 1 aliphatic rings. The Morgan fingerprint density at radius 2 is 2.00 bits per heavy atom. The molecular formula is C20H20ClN3O. The Kier molecular flexibility index (Phi) is 4.45. The van der Waals surface area contributed by atoms with Gasteiger partial charge in [0.25, 0.3) is 0 Å². The van der Waals surface area contributed by atoms with Gasteiger partial charge in [-0.2, -0.15) is 0 Å². The molecule has 0 radical (unpaired) electrons. The third-order valence-corrected chi connectivity index (χ3v) is 5.21. The molecule has 3 heterocycles. The van der Waals surface area contributed by atoms with Crippen molar-refractivity contribution in [1.29, 1.82) is 0 Å². The number of benzene rings is 1. The van der Waals surface area contributed by atoms with Crippen LogP contribution in [0.3, 0.4) is 0 Å².